The summed E-state index contributed by atoms with van der Waals surface area (Å²) in [7, 11) is 2.91. The molecular weight excluding hydrogens is 793 g/mol. The van der Waals surface area contributed by atoms with Gasteiger partial charge in [-0.2, -0.15) is 0 Å². The topological polar surface area (TPSA) is 161 Å². The first kappa shape index (κ1) is 39.7. The van der Waals surface area contributed by atoms with Crippen LogP contribution in [0, 0.1) is 23.7 Å². The number of amides is 2. The van der Waals surface area contributed by atoms with E-state index in [9.17, 15) is 14.7 Å². The van der Waals surface area contributed by atoms with Crippen LogP contribution in [0.3, 0.4) is 0 Å². The summed E-state index contributed by atoms with van der Waals surface area (Å²) in [6.07, 6.45) is 9.04. The van der Waals surface area contributed by atoms with Crippen LogP contribution < -0.4 is 10.6 Å². The van der Waals surface area contributed by atoms with Crippen LogP contribution in [0.4, 0.5) is 4.79 Å². The Morgan fingerprint density at radius 1 is 0.889 bits per heavy atom. The number of nitrogens with one attached hydrogen (secondary N) is 4. The van der Waals surface area contributed by atoms with E-state index in [-0.39, 0.29) is 36.0 Å². The second kappa shape index (κ2) is 15.3. The van der Waals surface area contributed by atoms with Crippen LogP contribution >= 0.6 is 0 Å². The quantitative estimate of drug-likeness (QED) is 0.0767. The molecule has 5 N–H and O–H groups in total. The maximum Gasteiger partial charge on any atom is 0.407 e. The summed E-state index contributed by atoms with van der Waals surface area (Å²) in [5.41, 5.74) is 6.85. The lowest BCUT2D eigenvalue weighted by Crippen LogP contribution is -2.55. The van der Waals surface area contributed by atoms with E-state index in [4.69, 9.17) is 19.4 Å². The molecule has 5 unspecified atom stereocenters. The number of carbonyl (C=O) groups excluding carboxylic acids is 2. The number of ether oxygens (including phenoxy) is 2. The number of hydrogen-bond acceptors (Lipinski definition) is 9. The highest BCUT2D eigenvalue weighted by Crippen LogP contribution is 2.74. The maximum atomic E-state index is 14.5. The number of aliphatic hydroxyl groups is 1. The molecule has 4 heterocycles. The lowest BCUT2D eigenvalue weighted by Gasteiger charge is -2.42. The van der Waals surface area contributed by atoms with Crippen molar-refractivity contribution in [3.8, 4) is 11.1 Å². The van der Waals surface area contributed by atoms with Gasteiger partial charge in [-0.3, -0.25) is 9.69 Å². The fourth-order valence-electron chi connectivity index (χ4n) is 11.5. The number of H-pyrrole nitrogens is 2. The predicted molar refractivity (Wildman–Crippen MR) is 243 cm³/mol. The highest BCUT2D eigenvalue weighted by Gasteiger charge is 2.75. The minimum absolute atomic E-state index is 0.0453. The summed E-state index contributed by atoms with van der Waals surface area (Å²) in [4.78, 5) is 48.8. The second-order valence-electron chi connectivity index (χ2n) is 18.5. The number of methoxy groups -OCH3 is 2. The predicted octanol–water partition coefficient (Wildman–Crippen LogP) is 8.12. The van der Waals surface area contributed by atoms with Crippen LogP contribution in [0.1, 0.15) is 69.7 Å². The molecule has 2 aromatic heterocycles. The van der Waals surface area contributed by atoms with Crippen molar-refractivity contribution in [3.05, 3.63) is 109 Å². The molecule has 2 amide bonds. The molecule has 9 atom stereocenters. The van der Waals surface area contributed by atoms with Gasteiger partial charge >= 0.3 is 6.09 Å². The average molecular weight is 847 g/mol. The minimum Gasteiger partial charge on any atom is -0.483 e. The van der Waals surface area contributed by atoms with Gasteiger partial charge in [0.15, 0.2) is 5.88 Å². The molecule has 13 heteroatoms. The van der Waals surface area contributed by atoms with E-state index in [1.807, 2.05) is 17.1 Å². The molecule has 2 aliphatic heterocycles. The van der Waals surface area contributed by atoms with Crippen molar-refractivity contribution in [2.75, 3.05) is 20.8 Å². The van der Waals surface area contributed by atoms with Crippen molar-refractivity contribution in [2.45, 2.75) is 82.4 Å². The molecule has 11 rings (SSSR count). The van der Waals surface area contributed by atoms with Gasteiger partial charge in [-0.25, -0.2) is 14.8 Å². The largest absolute Gasteiger partial charge is 0.483 e. The Labute approximate surface area is 365 Å². The summed E-state index contributed by atoms with van der Waals surface area (Å²) in [5, 5.41) is 22.1. The summed E-state index contributed by atoms with van der Waals surface area (Å²) in [6.45, 7) is 8.87. The number of benzene rings is 4. The van der Waals surface area contributed by atoms with Gasteiger partial charge < -0.3 is 40.1 Å². The van der Waals surface area contributed by atoms with Gasteiger partial charge in [-0.1, -0.05) is 68.5 Å². The van der Waals surface area contributed by atoms with Crippen molar-refractivity contribution in [3.63, 3.8) is 0 Å². The number of fused-ring (bicyclic) bond motifs is 7. The number of aromatic nitrogens is 4. The first-order valence-electron chi connectivity index (χ1n) is 22.4. The molecule has 3 aliphatic carbocycles. The van der Waals surface area contributed by atoms with Crippen LogP contribution in [0.2, 0.25) is 0 Å². The average Bonchev–Trinajstić information content (AvgIpc) is 3.92. The monoisotopic (exact) mass is 846 g/mol. The van der Waals surface area contributed by atoms with Gasteiger partial charge in [0, 0.05) is 23.4 Å². The molecule has 0 spiro atoms. The summed E-state index contributed by atoms with van der Waals surface area (Å²) >= 11 is 0. The SMILES string of the molecule is C=C(N[C@@H](C(C)C)C(O)N1CCCC1c1nc2ccc3cc(-c4ccc5c(ccc6nc(C7[C@H]8C9C[C@H](C98)N7C(=O)[C@H](NC(=O)OC)C7=CC=CCC7)[nH]c65)c4)ccc3c2[nH]1)OC. The van der Waals surface area contributed by atoms with E-state index in [0.29, 0.717) is 30.1 Å². The molecule has 0 radical (unpaired) electrons. The van der Waals surface area contributed by atoms with Crippen LogP contribution in [-0.2, 0) is 14.3 Å². The number of aliphatic hydroxyl groups excluding tert-OH is 1. The Morgan fingerprint density at radius 2 is 1.57 bits per heavy atom. The highest BCUT2D eigenvalue weighted by molar-refractivity contribution is 6.07. The summed E-state index contributed by atoms with van der Waals surface area (Å²) in [6, 6.07) is 20.5. The number of hydrogen-bond donors (Lipinski definition) is 5. The Kier molecular flexibility index (Phi) is 9.61. The van der Waals surface area contributed by atoms with Crippen molar-refractivity contribution in [1.29, 1.82) is 0 Å². The molecule has 2 saturated carbocycles. The van der Waals surface area contributed by atoms with Gasteiger partial charge in [0.2, 0.25) is 5.91 Å². The number of piperidine rings is 2. The number of alkyl carbamates (subject to hydrolysis) is 1. The van der Waals surface area contributed by atoms with Crippen LogP contribution in [0.15, 0.2) is 96.9 Å². The molecule has 0 bridgehead atoms. The zero-order valence-corrected chi connectivity index (χ0v) is 36.1. The van der Waals surface area contributed by atoms with E-state index in [1.54, 1.807) is 7.11 Å². The van der Waals surface area contributed by atoms with Crippen molar-refractivity contribution in [2.24, 2.45) is 23.7 Å². The number of carbonyl (C=O) groups is 2. The fraction of sp³-hybridized carbons (Fsp3) is 0.400. The van der Waals surface area contributed by atoms with Gasteiger partial charge in [0.25, 0.3) is 0 Å². The molecule has 4 fully saturated rings. The third-order valence-corrected chi connectivity index (χ3v) is 14.8. The Balaban J connectivity index is 0.867. The summed E-state index contributed by atoms with van der Waals surface area (Å²) < 4.78 is 10.2. The first-order chi connectivity index (χ1) is 30.6. The van der Waals surface area contributed by atoms with E-state index in [1.165, 1.54) is 7.11 Å². The molecule has 5 aliphatic rings. The normalized spacial score (nSPS) is 25.2. The molecular formula is C50H54N8O5. The lowest BCUT2D eigenvalue weighted by atomic mass is 9.88. The Bertz CT molecular complexity index is 2900. The lowest BCUT2D eigenvalue weighted by molar-refractivity contribution is -0.140. The number of likely N-dealkylation sites (tertiary alicyclic amines) is 2. The third-order valence-electron chi connectivity index (χ3n) is 14.8. The molecule has 6 aromatic rings. The van der Waals surface area contributed by atoms with Crippen molar-refractivity contribution in [1.82, 2.24) is 40.4 Å². The van der Waals surface area contributed by atoms with Crippen LogP contribution in [0.5, 0.6) is 0 Å². The molecule has 4 aromatic carbocycles. The highest BCUT2D eigenvalue weighted by atomic mass is 16.5. The zero-order valence-electron chi connectivity index (χ0n) is 36.1. The van der Waals surface area contributed by atoms with E-state index in [0.717, 1.165) is 104 Å². The molecule has 63 heavy (non-hydrogen) atoms. The third kappa shape index (κ3) is 6.49. The smallest absolute Gasteiger partial charge is 0.407 e. The summed E-state index contributed by atoms with van der Waals surface area (Å²) in [5.74, 6) is 3.66. The van der Waals surface area contributed by atoms with Crippen LogP contribution in [0.25, 0.3) is 54.7 Å². The zero-order chi connectivity index (χ0) is 43.3. The molecule has 13 nitrogen and oxygen atoms in total. The molecule has 2 saturated heterocycles. The van der Waals surface area contributed by atoms with Gasteiger partial charge in [0.05, 0.1) is 54.4 Å². The van der Waals surface area contributed by atoms with Crippen LogP contribution in [-0.4, -0.2) is 92.0 Å². The fourth-order valence-corrected chi connectivity index (χ4v) is 11.5. The van der Waals surface area contributed by atoms with E-state index in [2.05, 4.69) is 113 Å². The number of rotatable bonds is 12. The first-order valence-corrected chi connectivity index (χ1v) is 22.4. The van der Waals surface area contributed by atoms with Crippen molar-refractivity contribution < 1.29 is 24.2 Å². The second-order valence-corrected chi connectivity index (χ2v) is 18.5. The number of allylic oxidation sites excluding steroid dienone is 3. The van der Waals surface area contributed by atoms with E-state index >= 15 is 0 Å². The maximum absolute atomic E-state index is 14.5. The van der Waals surface area contributed by atoms with Gasteiger partial charge in [-0.05, 0) is 114 Å². The Hall–Kier alpha value is -6.18. The number of imidazole rings is 2. The minimum atomic E-state index is -0.778. The van der Waals surface area contributed by atoms with Gasteiger partial charge in [0.1, 0.15) is 23.9 Å². The standard InChI is InChI=1S/C50H54N8O5/c1-25(2)41(51-26(3)62-4)48(59)57-21-9-12-37(57)46-52-35-19-15-30-22-28(13-17-32(30)43(35)54-46)29-14-18-33-31(23-29)16-20-36-44(33)55-47(53-36)45-40-34-24-38(39(34)40)58(45)49(60)42(56-50(61)63-5)27-10-7-6-8-11-27/h6-7,10,13-20,22-23,25,34,37-42,45,48,51,59H,3,8-9,11-12,21,24H2,1-2,4-5H3,(H,52,54)(H,53,55)(H,56,61)/t34?,37?,38-,39?,40+,41+,42-,45?,48?/m1/s1. The number of nitrogens with zero attached hydrogens (tertiary/aromatic N) is 4. The van der Waals surface area contributed by atoms with E-state index < -0.39 is 18.4 Å². The number of aromatic amines is 2. The Morgan fingerprint density at radius 3 is 2.21 bits per heavy atom. The van der Waals surface area contributed by atoms with Gasteiger partial charge in [-0.15, -0.1) is 0 Å². The van der Waals surface area contributed by atoms with Crippen molar-refractivity contribution >= 4 is 55.6 Å². The molecule has 324 valence electrons.